The van der Waals surface area contributed by atoms with Gasteiger partial charge in [-0.25, -0.2) is 21.2 Å². The average molecular weight is 363 g/mol. The number of rotatable bonds is 3. The van der Waals surface area contributed by atoms with Crippen LogP contribution in [0.3, 0.4) is 0 Å². The quantitative estimate of drug-likeness (QED) is 0.879. The molecule has 1 aliphatic heterocycles. The SMILES string of the molecule is Cc1ccc(F)c(S(=O)(=O)[C@H]2CS(=O)(=O)C[C@@H]2NC(C)(C)C)c1. The van der Waals surface area contributed by atoms with Crippen LogP contribution in [0, 0.1) is 12.7 Å². The van der Waals surface area contributed by atoms with E-state index in [0.717, 1.165) is 6.07 Å². The normalized spacial score (nSPS) is 24.7. The highest BCUT2D eigenvalue weighted by Gasteiger charge is 2.47. The number of benzene rings is 1. The zero-order chi connectivity index (χ0) is 17.6. The van der Waals surface area contributed by atoms with Crippen molar-refractivity contribution in [3.63, 3.8) is 0 Å². The van der Waals surface area contributed by atoms with E-state index in [1.165, 1.54) is 12.1 Å². The zero-order valence-electron chi connectivity index (χ0n) is 13.6. The van der Waals surface area contributed by atoms with Crippen molar-refractivity contribution in [1.82, 2.24) is 5.32 Å². The van der Waals surface area contributed by atoms with Gasteiger partial charge in [-0.3, -0.25) is 0 Å². The third-order valence-electron chi connectivity index (χ3n) is 3.71. The van der Waals surface area contributed by atoms with Gasteiger partial charge in [-0.15, -0.1) is 0 Å². The lowest BCUT2D eigenvalue weighted by atomic mass is 10.1. The zero-order valence-corrected chi connectivity index (χ0v) is 15.3. The average Bonchev–Trinajstić information content (AvgIpc) is 2.65. The molecule has 0 saturated carbocycles. The molecule has 2 rings (SSSR count). The van der Waals surface area contributed by atoms with Crippen LogP contribution in [0.5, 0.6) is 0 Å². The van der Waals surface area contributed by atoms with Crippen LogP contribution in [0.25, 0.3) is 0 Å². The maximum absolute atomic E-state index is 14.0. The second-order valence-electron chi connectivity index (χ2n) is 7.10. The monoisotopic (exact) mass is 363 g/mol. The highest BCUT2D eigenvalue weighted by molar-refractivity contribution is 7.96. The van der Waals surface area contributed by atoms with Gasteiger partial charge in [0.25, 0.3) is 0 Å². The van der Waals surface area contributed by atoms with Gasteiger partial charge in [-0.2, -0.15) is 0 Å². The topological polar surface area (TPSA) is 80.3 Å². The Kier molecular flexibility index (Phi) is 4.65. The summed E-state index contributed by atoms with van der Waals surface area (Å²) in [6.07, 6.45) is 0. The van der Waals surface area contributed by atoms with E-state index in [1.54, 1.807) is 6.92 Å². The summed E-state index contributed by atoms with van der Waals surface area (Å²) in [5.41, 5.74) is 0.148. The summed E-state index contributed by atoms with van der Waals surface area (Å²) in [6.45, 7) is 7.15. The van der Waals surface area contributed by atoms with Gasteiger partial charge in [0.2, 0.25) is 0 Å². The third kappa shape index (κ3) is 4.10. The predicted molar refractivity (Wildman–Crippen MR) is 87.4 cm³/mol. The molecule has 0 spiro atoms. The second-order valence-corrected chi connectivity index (χ2v) is 11.4. The first-order valence-corrected chi connectivity index (χ1v) is 10.7. The standard InChI is InChI=1S/C15H22FNO4S2/c1-10-5-6-11(16)13(7-10)23(20,21)14-9-22(18,19)8-12(14)17-15(2,3)4/h5-7,12,14,17H,8-9H2,1-4H3/t12-,14-/m0/s1. The lowest BCUT2D eigenvalue weighted by molar-refractivity contribution is 0.374. The van der Waals surface area contributed by atoms with Crippen molar-refractivity contribution in [1.29, 1.82) is 0 Å². The Morgan fingerprint density at radius 2 is 1.83 bits per heavy atom. The van der Waals surface area contributed by atoms with E-state index >= 15 is 0 Å². The number of hydrogen-bond donors (Lipinski definition) is 1. The van der Waals surface area contributed by atoms with Crippen molar-refractivity contribution < 1.29 is 21.2 Å². The lowest BCUT2D eigenvalue weighted by Crippen LogP contribution is -2.51. The largest absolute Gasteiger partial charge is 0.307 e. The Morgan fingerprint density at radius 3 is 2.39 bits per heavy atom. The minimum atomic E-state index is -4.10. The summed E-state index contributed by atoms with van der Waals surface area (Å²) < 4.78 is 63.7. The summed E-state index contributed by atoms with van der Waals surface area (Å²) in [6, 6.07) is 3.07. The fourth-order valence-corrected chi connectivity index (χ4v) is 7.61. The molecule has 0 amide bonds. The molecule has 2 atom stereocenters. The molecule has 0 aromatic heterocycles. The minimum Gasteiger partial charge on any atom is -0.307 e. The van der Waals surface area contributed by atoms with Gasteiger partial charge >= 0.3 is 0 Å². The number of sulfone groups is 2. The molecule has 8 heteroatoms. The van der Waals surface area contributed by atoms with Gasteiger partial charge in [-0.1, -0.05) is 6.07 Å². The summed E-state index contributed by atoms with van der Waals surface area (Å²) in [7, 11) is -7.60. The maximum atomic E-state index is 14.0. The van der Waals surface area contributed by atoms with Gasteiger partial charge in [-0.05, 0) is 45.4 Å². The maximum Gasteiger partial charge on any atom is 0.186 e. The van der Waals surface area contributed by atoms with E-state index in [-0.39, 0.29) is 5.75 Å². The van der Waals surface area contributed by atoms with Crippen molar-refractivity contribution >= 4 is 19.7 Å². The number of nitrogens with one attached hydrogen (secondary N) is 1. The lowest BCUT2D eigenvalue weighted by Gasteiger charge is -2.28. The molecule has 130 valence electrons. The molecule has 1 N–H and O–H groups in total. The number of hydrogen-bond acceptors (Lipinski definition) is 5. The van der Waals surface area contributed by atoms with E-state index in [2.05, 4.69) is 5.32 Å². The van der Waals surface area contributed by atoms with Gasteiger partial charge in [0.1, 0.15) is 10.7 Å². The summed E-state index contributed by atoms with van der Waals surface area (Å²) in [4.78, 5) is -0.430. The van der Waals surface area contributed by atoms with Crippen LogP contribution >= 0.6 is 0 Å². The molecule has 1 aromatic rings. The summed E-state index contributed by atoms with van der Waals surface area (Å²) in [5, 5.41) is 1.86. The Morgan fingerprint density at radius 1 is 1.22 bits per heavy atom. The molecule has 0 bridgehead atoms. The van der Waals surface area contributed by atoms with E-state index in [1.807, 2.05) is 20.8 Å². The Hall–Kier alpha value is -0.990. The first-order valence-electron chi connectivity index (χ1n) is 7.30. The van der Waals surface area contributed by atoms with Gasteiger partial charge in [0.15, 0.2) is 19.7 Å². The predicted octanol–water partition coefficient (Wildman–Crippen LogP) is 1.46. The molecular formula is C15H22FNO4S2. The van der Waals surface area contributed by atoms with E-state index in [4.69, 9.17) is 0 Å². The molecule has 1 heterocycles. The first-order chi connectivity index (χ1) is 10.3. The van der Waals surface area contributed by atoms with Crippen LogP contribution in [0.2, 0.25) is 0 Å². The third-order valence-corrected chi connectivity index (χ3v) is 7.87. The molecule has 0 radical (unpaired) electrons. The van der Waals surface area contributed by atoms with Crippen LogP contribution in [-0.4, -0.2) is 45.2 Å². The smallest absolute Gasteiger partial charge is 0.186 e. The molecule has 1 fully saturated rings. The fraction of sp³-hybridized carbons (Fsp3) is 0.600. The molecule has 1 saturated heterocycles. The van der Waals surface area contributed by atoms with Crippen LogP contribution in [0.4, 0.5) is 4.39 Å². The van der Waals surface area contributed by atoms with Crippen molar-refractivity contribution in [2.24, 2.45) is 0 Å². The first kappa shape index (κ1) is 18.4. The van der Waals surface area contributed by atoms with E-state index in [0.29, 0.717) is 5.56 Å². The molecule has 0 unspecified atom stereocenters. The van der Waals surface area contributed by atoms with Crippen molar-refractivity contribution in [2.75, 3.05) is 11.5 Å². The van der Waals surface area contributed by atoms with Gasteiger partial charge in [0.05, 0.1) is 16.8 Å². The van der Waals surface area contributed by atoms with Gasteiger partial charge in [0, 0.05) is 11.6 Å². The number of halogens is 1. The summed E-state index contributed by atoms with van der Waals surface area (Å²) in [5.74, 6) is -1.60. The number of aryl methyl sites for hydroxylation is 1. The minimum absolute atomic E-state index is 0.262. The van der Waals surface area contributed by atoms with Crippen LogP contribution < -0.4 is 5.32 Å². The highest BCUT2D eigenvalue weighted by atomic mass is 32.2. The van der Waals surface area contributed by atoms with Crippen LogP contribution in [-0.2, 0) is 19.7 Å². The van der Waals surface area contributed by atoms with Crippen LogP contribution in [0.1, 0.15) is 26.3 Å². The van der Waals surface area contributed by atoms with Crippen LogP contribution in [0.15, 0.2) is 23.1 Å². The molecular weight excluding hydrogens is 341 g/mol. The second kappa shape index (κ2) is 5.82. The van der Waals surface area contributed by atoms with Crippen molar-refractivity contribution in [2.45, 2.75) is 49.4 Å². The van der Waals surface area contributed by atoms with Crippen molar-refractivity contribution in [3.8, 4) is 0 Å². The Labute approximate surface area is 137 Å². The van der Waals surface area contributed by atoms with Crippen molar-refractivity contribution in [3.05, 3.63) is 29.6 Å². The summed E-state index contributed by atoms with van der Waals surface area (Å²) >= 11 is 0. The molecule has 1 aliphatic rings. The Balaban J connectivity index is 2.50. The molecule has 0 aliphatic carbocycles. The fourth-order valence-electron chi connectivity index (χ4n) is 2.80. The molecule has 1 aromatic carbocycles. The van der Waals surface area contributed by atoms with E-state index < -0.39 is 53.0 Å². The van der Waals surface area contributed by atoms with E-state index in [9.17, 15) is 21.2 Å². The molecule has 23 heavy (non-hydrogen) atoms. The molecule has 5 nitrogen and oxygen atoms in total. The highest BCUT2D eigenvalue weighted by Crippen LogP contribution is 2.29. The Bertz CT molecular complexity index is 810. The van der Waals surface area contributed by atoms with Gasteiger partial charge < -0.3 is 5.32 Å².